The van der Waals surface area contributed by atoms with Gasteiger partial charge < -0.3 is 9.53 Å². The molecule has 0 aromatic rings. The van der Waals surface area contributed by atoms with Crippen molar-refractivity contribution < 1.29 is 9.53 Å². The molecule has 58 valence electrons. The summed E-state index contributed by atoms with van der Waals surface area (Å²) < 4.78 is 5.20. The minimum Gasteiger partial charge on any atom is -0.373 e. The molecule has 0 saturated heterocycles. The summed E-state index contributed by atoms with van der Waals surface area (Å²) >= 11 is 0. The SMILES string of the molecule is C1=CC2=CCOCC2=C1.C=O. The van der Waals surface area contributed by atoms with Crippen LogP contribution in [0.3, 0.4) is 0 Å². The van der Waals surface area contributed by atoms with Gasteiger partial charge in [0.2, 0.25) is 0 Å². The molecule has 0 spiro atoms. The first-order chi connectivity index (χ1) is 5.47. The van der Waals surface area contributed by atoms with Gasteiger partial charge in [-0.2, -0.15) is 0 Å². The fourth-order valence-electron chi connectivity index (χ4n) is 1.12. The molecule has 0 atom stereocenters. The lowest BCUT2D eigenvalue weighted by Gasteiger charge is -2.10. The summed E-state index contributed by atoms with van der Waals surface area (Å²) in [5.41, 5.74) is 2.67. The molecule has 2 rings (SSSR count). The zero-order chi connectivity index (χ0) is 8.10. The number of hydrogen-bond acceptors (Lipinski definition) is 2. The molecule has 0 bridgehead atoms. The Labute approximate surface area is 65.9 Å². The number of fused-ring (bicyclic) bond motifs is 1. The first-order valence-corrected chi connectivity index (χ1v) is 3.41. The Hall–Kier alpha value is -1.15. The van der Waals surface area contributed by atoms with Gasteiger partial charge in [-0.05, 0) is 11.1 Å². The van der Waals surface area contributed by atoms with Gasteiger partial charge >= 0.3 is 0 Å². The number of allylic oxidation sites excluding steroid dienone is 3. The van der Waals surface area contributed by atoms with E-state index in [0.717, 1.165) is 13.2 Å². The maximum absolute atomic E-state index is 8.00. The molecule has 2 aliphatic rings. The number of carbonyl (C=O) groups excluding carboxylic acids is 1. The normalized spacial score (nSPS) is 19.3. The van der Waals surface area contributed by atoms with Crippen molar-refractivity contribution >= 4 is 6.79 Å². The predicted molar refractivity (Wildman–Crippen MR) is 43.2 cm³/mol. The molecule has 0 unspecified atom stereocenters. The zero-order valence-corrected chi connectivity index (χ0v) is 6.25. The Balaban J connectivity index is 0.000000281. The molecular weight excluding hydrogens is 140 g/mol. The molecule has 0 saturated carbocycles. The third-order valence-electron chi connectivity index (χ3n) is 1.62. The lowest BCUT2D eigenvalue weighted by atomic mass is 10.1. The summed E-state index contributed by atoms with van der Waals surface area (Å²) in [6.45, 7) is 3.57. The molecule has 1 heterocycles. The zero-order valence-electron chi connectivity index (χ0n) is 6.25. The highest BCUT2D eigenvalue weighted by Crippen LogP contribution is 2.20. The average Bonchev–Trinajstić information content (AvgIpc) is 2.55. The molecule has 2 nitrogen and oxygen atoms in total. The fourth-order valence-corrected chi connectivity index (χ4v) is 1.12. The molecule has 0 radical (unpaired) electrons. The van der Waals surface area contributed by atoms with Crippen LogP contribution in [0.4, 0.5) is 0 Å². The van der Waals surface area contributed by atoms with E-state index in [4.69, 9.17) is 9.53 Å². The first kappa shape index (κ1) is 7.95. The van der Waals surface area contributed by atoms with Crippen LogP contribution in [-0.2, 0) is 9.53 Å². The monoisotopic (exact) mass is 150 g/mol. The summed E-state index contributed by atoms with van der Waals surface area (Å²) in [6, 6.07) is 0. The van der Waals surface area contributed by atoms with Crippen molar-refractivity contribution in [3.05, 3.63) is 35.5 Å². The van der Waals surface area contributed by atoms with E-state index in [-0.39, 0.29) is 0 Å². The van der Waals surface area contributed by atoms with Gasteiger partial charge in [0, 0.05) is 0 Å². The third-order valence-corrected chi connectivity index (χ3v) is 1.62. The summed E-state index contributed by atoms with van der Waals surface area (Å²) in [5.74, 6) is 0. The number of hydrogen-bond donors (Lipinski definition) is 0. The average molecular weight is 150 g/mol. The molecule has 0 amide bonds. The van der Waals surface area contributed by atoms with Gasteiger partial charge in [-0.3, -0.25) is 0 Å². The number of ether oxygens (including phenoxy) is 1. The van der Waals surface area contributed by atoms with Gasteiger partial charge in [0.1, 0.15) is 6.79 Å². The Morgan fingerprint density at radius 1 is 1.45 bits per heavy atom. The maximum atomic E-state index is 8.00. The summed E-state index contributed by atoms with van der Waals surface area (Å²) in [6.07, 6.45) is 8.40. The minimum atomic E-state index is 0.775. The highest BCUT2D eigenvalue weighted by Gasteiger charge is 2.09. The van der Waals surface area contributed by atoms with Crippen molar-refractivity contribution in [1.82, 2.24) is 0 Å². The molecule has 0 N–H and O–H groups in total. The molecule has 11 heavy (non-hydrogen) atoms. The van der Waals surface area contributed by atoms with Crippen molar-refractivity contribution in [2.45, 2.75) is 0 Å². The van der Waals surface area contributed by atoms with Crippen molar-refractivity contribution in [3.8, 4) is 0 Å². The second-order valence-electron chi connectivity index (χ2n) is 2.23. The van der Waals surface area contributed by atoms with Crippen molar-refractivity contribution in [2.75, 3.05) is 13.2 Å². The van der Waals surface area contributed by atoms with Gasteiger partial charge in [-0.1, -0.05) is 24.3 Å². The second kappa shape index (κ2) is 3.88. The van der Waals surface area contributed by atoms with Gasteiger partial charge in [-0.15, -0.1) is 0 Å². The predicted octanol–water partition coefficient (Wildman–Crippen LogP) is 1.25. The third kappa shape index (κ3) is 1.65. The second-order valence-corrected chi connectivity index (χ2v) is 2.23. The fraction of sp³-hybridized carbons (Fsp3) is 0.222. The van der Waals surface area contributed by atoms with E-state index < -0.39 is 0 Å². The van der Waals surface area contributed by atoms with Crippen LogP contribution in [0.5, 0.6) is 0 Å². The van der Waals surface area contributed by atoms with E-state index in [9.17, 15) is 0 Å². The van der Waals surface area contributed by atoms with Crippen LogP contribution in [0, 0.1) is 0 Å². The topological polar surface area (TPSA) is 26.3 Å². The Morgan fingerprint density at radius 2 is 2.27 bits per heavy atom. The van der Waals surface area contributed by atoms with E-state index in [1.807, 2.05) is 6.79 Å². The van der Waals surface area contributed by atoms with E-state index in [2.05, 4.69) is 24.3 Å². The Bertz CT molecular complexity index is 224. The molecule has 1 aliphatic carbocycles. The molecule has 2 heteroatoms. The molecule has 1 aliphatic heterocycles. The first-order valence-electron chi connectivity index (χ1n) is 3.41. The maximum Gasteiger partial charge on any atom is 0.106 e. The van der Waals surface area contributed by atoms with Gasteiger partial charge in [0.25, 0.3) is 0 Å². The highest BCUT2D eigenvalue weighted by molar-refractivity contribution is 5.49. The summed E-state index contributed by atoms with van der Waals surface area (Å²) in [4.78, 5) is 8.00. The molecule has 0 aromatic heterocycles. The van der Waals surface area contributed by atoms with Crippen LogP contribution in [-0.4, -0.2) is 20.0 Å². The number of carbonyl (C=O) groups is 1. The number of rotatable bonds is 0. The van der Waals surface area contributed by atoms with Crippen LogP contribution >= 0.6 is 0 Å². The van der Waals surface area contributed by atoms with Crippen LogP contribution in [0.15, 0.2) is 35.5 Å². The molecule has 0 fully saturated rings. The molecule has 0 aromatic carbocycles. The van der Waals surface area contributed by atoms with Crippen LogP contribution in [0.2, 0.25) is 0 Å². The van der Waals surface area contributed by atoms with Gasteiger partial charge in [-0.25, -0.2) is 0 Å². The van der Waals surface area contributed by atoms with Crippen molar-refractivity contribution in [1.29, 1.82) is 0 Å². The lowest BCUT2D eigenvalue weighted by Crippen LogP contribution is -2.04. The van der Waals surface area contributed by atoms with E-state index in [0.29, 0.717) is 0 Å². The van der Waals surface area contributed by atoms with Crippen molar-refractivity contribution in [3.63, 3.8) is 0 Å². The van der Waals surface area contributed by atoms with E-state index in [1.54, 1.807) is 0 Å². The van der Waals surface area contributed by atoms with Crippen LogP contribution < -0.4 is 0 Å². The van der Waals surface area contributed by atoms with Crippen LogP contribution in [0.25, 0.3) is 0 Å². The van der Waals surface area contributed by atoms with Gasteiger partial charge in [0.05, 0.1) is 13.2 Å². The van der Waals surface area contributed by atoms with E-state index >= 15 is 0 Å². The lowest BCUT2D eigenvalue weighted by molar-refractivity contribution is -0.0979. The highest BCUT2D eigenvalue weighted by atomic mass is 16.5. The smallest absolute Gasteiger partial charge is 0.106 e. The van der Waals surface area contributed by atoms with Crippen molar-refractivity contribution in [2.24, 2.45) is 0 Å². The quantitative estimate of drug-likeness (QED) is 0.519. The Kier molecular flexibility index (Phi) is 2.81. The van der Waals surface area contributed by atoms with E-state index in [1.165, 1.54) is 11.1 Å². The molecular formula is C9H10O2. The minimum absolute atomic E-state index is 0.775. The summed E-state index contributed by atoms with van der Waals surface area (Å²) in [5, 5.41) is 0. The largest absolute Gasteiger partial charge is 0.373 e. The van der Waals surface area contributed by atoms with Gasteiger partial charge in [0.15, 0.2) is 0 Å². The standard InChI is InChI=1S/C8H8O.CH2O/c1-2-7-4-5-9-6-8(7)3-1;1-2/h1-4H,5-6H2;1H2. The van der Waals surface area contributed by atoms with Crippen LogP contribution in [0.1, 0.15) is 0 Å². The summed E-state index contributed by atoms with van der Waals surface area (Å²) in [7, 11) is 0. The Morgan fingerprint density at radius 3 is 3.00 bits per heavy atom.